The fraction of sp³-hybridized carbons (Fsp3) is 0.417. The summed E-state index contributed by atoms with van der Waals surface area (Å²) < 4.78 is 0. The van der Waals surface area contributed by atoms with Crippen LogP contribution in [0.1, 0.15) is 12.0 Å². The van der Waals surface area contributed by atoms with Gasteiger partial charge in [-0.15, -0.1) is 11.6 Å². The number of halogens is 1. The molecule has 0 bridgehead atoms. The molecule has 1 aliphatic rings. The van der Waals surface area contributed by atoms with E-state index in [4.69, 9.17) is 11.6 Å². The molecular weight excluding hydrogens is 226 g/mol. The van der Waals surface area contributed by atoms with Crippen LogP contribution in [-0.2, 0) is 4.79 Å². The zero-order chi connectivity index (χ0) is 11.7. The number of hydrogen-bond acceptors (Lipinski definition) is 2. The van der Waals surface area contributed by atoms with Crippen molar-refractivity contribution in [2.45, 2.75) is 13.3 Å². The Labute approximate surface area is 99.6 Å². The lowest BCUT2D eigenvalue weighted by Gasteiger charge is -2.17. The molecule has 86 valence electrons. The van der Waals surface area contributed by atoms with Crippen LogP contribution < -0.4 is 4.90 Å². The van der Waals surface area contributed by atoms with Crippen molar-refractivity contribution in [2.75, 3.05) is 17.3 Å². The van der Waals surface area contributed by atoms with Gasteiger partial charge >= 0.3 is 0 Å². The first-order valence-corrected chi connectivity index (χ1v) is 5.80. The van der Waals surface area contributed by atoms with Gasteiger partial charge in [-0.2, -0.15) is 0 Å². The second kappa shape index (κ2) is 4.34. The maximum absolute atomic E-state index is 11.8. The Morgan fingerprint density at radius 3 is 2.81 bits per heavy atom. The van der Waals surface area contributed by atoms with E-state index in [0.29, 0.717) is 18.8 Å². The van der Waals surface area contributed by atoms with Gasteiger partial charge in [0.1, 0.15) is 5.75 Å². The van der Waals surface area contributed by atoms with Crippen molar-refractivity contribution >= 4 is 23.2 Å². The molecule has 1 aromatic carbocycles. The largest absolute Gasteiger partial charge is 0.508 e. The summed E-state index contributed by atoms with van der Waals surface area (Å²) in [7, 11) is 0. The van der Waals surface area contributed by atoms with Gasteiger partial charge in [0.2, 0.25) is 5.91 Å². The molecular formula is C12H14ClNO2. The maximum Gasteiger partial charge on any atom is 0.227 e. The van der Waals surface area contributed by atoms with Crippen LogP contribution in [0, 0.1) is 12.8 Å². The van der Waals surface area contributed by atoms with E-state index < -0.39 is 0 Å². The van der Waals surface area contributed by atoms with Crippen LogP contribution in [0.5, 0.6) is 5.75 Å². The summed E-state index contributed by atoms with van der Waals surface area (Å²) >= 11 is 5.76. The number of anilines is 1. The van der Waals surface area contributed by atoms with Crippen LogP contribution in [-0.4, -0.2) is 23.4 Å². The zero-order valence-electron chi connectivity index (χ0n) is 9.11. The highest BCUT2D eigenvalue weighted by molar-refractivity contribution is 6.18. The quantitative estimate of drug-likeness (QED) is 0.805. The van der Waals surface area contributed by atoms with Crippen LogP contribution in [0.2, 0.25) is 0 Å². The first kappa shape index (κ1) is 11.3. The van der Waals surface area contributed by atoms with Gasteiger partial charge in [0, 0.05) is 30.6 Å². The number of benzene rings is 1. The third-order valence-corrected chi connectivity index (χ3v) is 3.22. The predicted octanol–water partition coefficient (Wildman–Crippen LogP) is 2.29. The Balaban J connectivity index is 2.27. The molecule has 1 atom stereocenters. The van der Waals surface area contributed by atoms with Gasteiger partial charge in [-0.1, -0.05) is 0 Å². The fourth-order valence-electron chi connectivity index (χ4n) is 2.03. The molecule has 0 aromatic heterocycles. The Bertz CT molecular complexity index is 399. The molecule has 1 saturated heterocycles. The molecule has 1 aliphatic heterocycles. The number of aromatic hydroxyl groups is 1. The van der Waals surface area contributed by atoms with Crippen molar-refractivity contribution in [3.8, 4) is 5.75 Å². The van der Waals surface area contributed by atoms with E-state index in [1.165, 1.54) is 0 Å². The van der Waals surface area contributed by atoms with Crippen LogP contribution >= 0.6 is 11.6 Å². The topological polar surface area (TPSA) is 40.5 Å². The lowest BCUT2D eigenvalue weighted by atomic mass is 10.1. The first-order chi connectivity index (χ1) is 7.60. The fourth-order valence-corrected chi connectivity index (χ4v) is 2.24. The van der Waals surface area contributed by atoms with E-state index in [1.54, 1.807) is 17.0 Å². The number of rotatable bonds is 2. The Kier molecular flexibility index (Phi) is 3.06. The second-order valence-electron chi connectivity index (χ2n) is 4.26. The predicted molar refractivity (Wildman–Crippen MR) is 64.0 cm³/mol. The van der Waals surface area contributed by atoms with Gasteiger partial charge in [-0.25, -0.2) is 0 Å². The Morgan fingerprint density at radius 2 is 2.25 bits per heavy atom. The maximum atomic E-state index is 11.8. The van der Waals surface area contributed by atoms with Gasteiger partial charge in [-0.3, -0.25) is 4.79 Å². The third kappa shape index (κ3) is 2.14. The molecule has 1 unspecified atom stereocenters. The molecule has 0 radical (unpaired) electrons. The number of aryl methyl sites for hydroxylation is 1. The highest BCUT2D eigenvalue weighted by Crippen LogP contribution is 2.29. The molecule has 3 nitrogen and oxygen atoms in total. The van der Waals surface area contributed by atoms with E-state index in [2.05, 4.69) is 0 Å². The normalized spacial score (nSPS) is 20.5. The summed E-state index contributed by atoms with van der Waals surface area (Å²) in [6.07, 6.45) is 0.498. The summed E-state index contributed by atoms with van der Waals surface area (Å²) in [6, 6.07) is 5.18. The number of alkyl halides is 1. The van der Waals surface area contributed by atoms with Crippen molar-refractivity contribution in [1.82, 2.24) is 0 Å². The van der Waals surface area contributed by atoms with E-state index in [-0.39, 0.29) is 17.6 Å². The van der Waals surface area contributed by atoms with Crippen LogP contribution in [0.3, 0.4) is 0 Å². The molecule has 1 heterocycles. The van der Waals surface area contributed by atoms with Gasteiger partial charge in [0.05, 0.1) is 0 Å². The molecule has 1 aromatic rings. The molecule has 0 saturated carbocycles. The Morgan fingerprint density at radius 1 is 1.50 bits per heavy atom. The average molecular weight is 240 g/mol. The molecule has 0 spiro atoms. The number of carbonyl (C=O) groups is 1. The number of phenols is 1. The summed E-state index contributed by atoms with van der Waals surface area (Å²) in [5.41, 5.74) is 1.70. The number of carbonyl (C=O) groups excluding carboxylic acids is 1. The average Bonchev–Trinajstić information content (AvgIpc) is 2.58. The monoisotopic (exact) mass is 239 g/mol. The van der Waals surface area contributed by atoms with E-state index in [9.17, 15) is 9.90 Å². The van der Waals surface area contributed by atoms with Gasteiger partial charge in [-0.05, 0) is 30.5 Å². The van der Waals surface area contributed by atoms with Gasteiger partial charge < -0.3 is 10.0 Å². The van der Waals surface area contributed by atoms with Crippen molar-refractivity contribution in [3.63, 3.8) is 0 Å². The summed E-state index contributed by atoms with van der Waals surface area (Å²) in [5, 5.41) is 9.50. The number of hydrogen-bond donors (Lipinski definition) is 1. The second-order valence-corrected chi connectivity index (χ2v) is 4.56. The number of phenolic OH excluding ortho intramolecular Hbond substituents is 1. The lowest BCUT2D eigenvalue weighted by molar-refractivity contribution is -0.117. The standard InChI is InChI=1S/C12H14ClNO2/c1-8-2-10(5-11(15)3-8)14-7-9(6-13)4-12(14)16/h2-3,5,9,15H,4,6-7H2,1H3. The summed E-state index contributed by atoms with van der Waals surface area (Å²) in [5.74, 6) is 0.990. The van der Waals surface area contributed by atoms with E-state index >= 15 is 0 Å². The van der Waals surface area contributed by atoms with Crippen molar-refractivity contribution in [2.24, 2.45) is 5.92 Å². The minimum absolute atomic E-state index is 0.0793. The van der Waals surface area contributed by atoms with Crippen LogP contribution in [0.4, 0.5) is 5.69 Å². The zero-order valence-corrected chi connectivity index (χ0v) is 9.87. The van der Waals surface area contributed by atoms with Crippen molar-refractivity contribution < 1.29 is 9.90 Å². The molecule has 1 N–H and O–H groups in total. The number of nitrogens with zero attached hydrogens (tertiary/aromatic N) is 1. The van der Waals surface area contributed by atoms with Crippen LogP contribution in [0.25, 0.3) is 0 Å². The first-order valence-electron chi connectivity index (χ1n) is 5.27. The Hall–Kier alpha value is -1.22. The van der Waals surface area contributed by atoms with E-state index in [1.807, 2.05) is 13.0 Å². The third-order valence-electron chi connectivity index (χ3n) is 2.78. The summed E-state index contributed by atoms with van der Waals surface area (Å²) in [6.45, 7) is 2.54. The molecule has 4 heteroatoms. The van der Waals surface area contributed by atoms with Crippen LogP contribution in [0.15, 0.2) is 18.2 Å². The highest BCUT2D eigenvalue weighted by atomic mass is 35.5. The van der Waals surface area contributed by atoms with Crippen molar-refractivity contribution in [3.05, 3.63) is 23.8 Å². The molecule has 1 fully saturated rings. The minimum Gasteiger partial charge on any atom is -0.508 e. The molecule has 2 rings (SSSR count). The minimum atomic E-state index is 0.0793. The van der Waals surface area contributed by atoms with Gasteiger partial charge in [0.15, 0.2) is 0 Å². The highest BCUT2D eigenvalue weighted by Gasteiger charge is 2.30. The summed E-state index contributed by atoms with van der Waals surface area (Å²) in [4.78, 5) is 13.4. The molecule has 16 heavy (non-hydrogen) atoms. The lowest BCUT2D eigenvalue weighted by Crippen LogP contribution is -2.24. The van der Waals surface area contributed by atoms with Crippen molar-refractivity contribution in [1.29, 1.82) is 0 Å². The van der Waals surface area contributed by atoms with Gasteiger partial charge in [0.25, 0.3) is 0 Å². The molecule has 1 amide bonds. The smallest absolute Gasteiger partial charge is 0.227 e. The molecule has 0 aliphatic carbocycles. The number of amides is 1. The SMILES string of the molecule is Cc1cc(O)cc(N2CC(CCl)CC2=O)c1. The van der Waals surface area contributed by atoms with E-state index in [0.717, 1.165) is 11.3 Å².